The van der Waals surface area contributed by atoms with Crippen molar-refractivity contribution < 1.29 is 33.3 Å². The van der Waals surface area contributed by atoms with Gasteiger partial charge in [0, 0.05) is 21.1 Å². The van der Waals surface area contributed by atoms with Crippen LogP contribution in [-0.2, 0) is 33.3 Å². The molecule has 1 atom stereocenters. The Bertz CT molecular complexity index is 292. The third-order valence-corrected chi connectivity index (χ3v) is 2.44. The normalized spacial score (nSPS) is 13.6. The SMILES string of the molecule is COCCOCCOC(=O)C(C)(COC)COC(C)=O. The minimum Gasteiger partial charge on any atom is -0.465 e. The summed E-state index contributed by atoms with van der Waals surface area (Å²) in [6.45, 7) is 4.26. The van der Waals surface area contributed by atoms with Crippen molar-refractivity contribution in [3.05, 3.63) is 0 Å². The predicted octanol–water partition coefficient (Wildman–Crippen LogP) is 0.408. The number of hydrogen-bond donors (Lipinski definition) is 0. The van der Waals surface area contributed by atoms with Gasteiger partial charge in [-0.25, -0.2) is 0 Å². The van der Waals surface area contributed by atoms with E-state index < -0.39 is 17.4 Å². The van der Waals surface area contributed by atoms with Gasteiger partial charge in [0.25, 0.3) is 0 Å². The summed E-state index contributed by atoms with van der Waals surface area (Å²) in [7, 11) is 3.04. The fourth-order valence-corrected chi connectivity index (χ4v) is 1.35. The summed E-state index contributed by atoms with van der Waals surface area (Å²) in [5, 5.41) is 0. The Labute approximate surface area is 119 Å². The number of carbonyl (C=O) groups is 2. The molecule has 0 rings (SSSR count). The molecule has 0 radical (unpaired) electrons. The molecular weight excluding hydrogens is 268 g/mol. The average Bonchev–Trinajstić information content (AvgIpc) is 2.40. The highest BCUT2D eigenvalue weighted by Crippen LogP contribution is 2.19. The van der Waals surface area contributed by atoms with Crippen molar-refractivity contribution >= 4 is 11.9 Å². The lowest BCUT2D eigenvalue weighted by atomic mass is 9.93. The first-order chi connectivity index (χ1) is 9.46. The first-order valence-electron chi connectivity index (χ1n) is 6.32. The molecule has 0 bridgehead atoms. The van der Waals surface area contributed by atoms with Crippen molar-refractivity contribution in [1.29, 1.82) is 0 Å². The van der Waals surface area contributed by atoms with Gasteiger partial charge in [0.15, 0.2) is 0 Å². The van der Waals surface area contributed by atoms with E-state index in [1.807, 2.05) is 0 Å². The van der Waals surface area contributed by atoms with E-state index in [1.54, 1.807) is 14.0 Å². The standard InChI is InChI=1S/C13H24O7/c1-11(14)20-10-13(2,9-17-4)12(15)19-8-7-18-6-5-16-3/h5-10H2,1-4H3. The number of rotatable bonds is 11. The van der Waals surface area contributed by atoms with Gasteiger partial charge in [0.05, 0.1) is 26.4 Å². The minimum absolute atomic E-state index is 0.0838. The molecule has 0 aromatic rings. The Morgan fingerprint density at radius 2 is 1.55 bits per heavy atom. The molecule has 0 spiro atoms. The van der Waals surface area contributed by atoms with E-state index in [4.69, 9.17) is 23.7 Å². The molecule has 0 aliphatic carbocycles. The highest BCUT2D eigenvalue weighted by atomic mass is 16.6. The lowest BCUT2D eigenvalue weighted by Gasteiger charge is -2.25. The molecule has 7 heteroatoms. The van der Waals surface area contributed by atoms with E-state index in [0.29, 0.717) is 13.2 Å². The summed E-state index contributed by atoms with van der Waals surface area (Å²) >= 11 is 0. The van der Waals surface area contributed by atoms with Crippen molar-refractivity contribution in [2.45, 2.75) is 13.8 Å². The van der Waals surface area contributed by atoms with Crippen LogP contribution in [0.3, 0.4) is 0 Å². The van der Waals surface area contributed by atoms with Crippen LogP contribution < -0.4 is 0 Å². The molecule has 0 N–H and O–H groups in total. The highest BCUT2D eigenvalue weighted by molar-refractivity contribution is 5.77. The molecule has 7 nitrogen and oxygen atoms in total. The van der Waals surface area contributed by atoms with E-state index in [0.717, 1.165) is 0 Å². The Morgan fingerprint density at radius 1 is 0.900 bits per heavy atom. The molecule has 0 aromatic heterocycles. The van der Waals surface area contributed by atoms with E-state index in [2.05, 4.69) is 0 Å². The molecule has 0 saturated heterocycles. The smallest absolute Gasteiger partial charge is 0.317 e. The van der Waals surface area contributed by atoms with E-state index in [-0.39, 0.29) is 26.4 Å². The summed E-state index contributed by atoms with van der Waals surface area (Å²) in [6, 6.07) is 0. The van der Waals surface area contributed by atoms with Crippen LogP contribution in [0.2, 0.25) is 0 Å². The summed E-state index contributed by atoms with van der Waals surface area (Å²) in [6.07, 6.45) is 0. The van der Waals surface area contributed by atoms with Gasteiger partial charge in [0.2, 0.25) is 0 Å². The van der Waals surface area contributed by atoms with Crippen molar-refractivity contribution in [2.24, 2.45) is 5.41 Å². The molecule has 118 valence electrons. The third-order valence-electron chi connectivity index (χ3n) is 2.44. The van der Waals surface area contributed by atoms with Gasteiger partial charge < -0.3 is 23.7 Å². The summed E-state index contributed by atoms with van der Waals surface area (Å²) in [5.74, 6) is -0.945. The summed E-state index contributed by atoms with van der Waals surface area (Å²) in [5.41, 5.74) is -1.02. The predicted molar refractivity (Wildman–Crippen MR) is 70.3 cm³/mol. The van der Waals surface area contributed by atoms with Crippen molar-refractivity contribution in [1.82, 2.24) is 0 Å². The van der Waals surface area contributed by atoms with Crippen molar-refractivity contribution in [3.8, 4) is 0 Å². The quantitative estimate of drug-likeness (QED) is 0.403. The topological polar surface area (TPSA) is 80.3 Å². The first kappa shape index (κ1) is 18.8. The molecule has 0 heterocycles. The molecule has 20 heavy (non-hydrogen) atoms. The number of methoxy groups -OCH3 is 2. The van der Waals surface area contributed by atoms with Gasteiger partial charge in [-0.2, -0.15) is 0 Å². The maximum atomic E-state index is 12.0. The molecule has 0 aromatic carbocycles. The second kappa shape index (κ2) is 10.6. The lowest BCUT2D eigenvalue weighted by Crippen LogP contribution is -2.39. The molecular formula is C13H24O7. The van der Waals surface area contributed by atoms with E-state index in [9.17, 15) is 9.59 Å². The zero-order valence-corrected chi connectivity index (χ0v) is 12.6. The average molecular weight is 292 g/mol. The van der Waals surface area contributed by atoms with Gasteiger partial charge in [-0.05, 0) is 6.92 Å². The Kier molecular flexibility index (Phi) is 9.96. The van der Waals surface area contributed by atoms with Crippen LogP contribution in [-0.4, -0.2) is 65.8 Å². The number of ether oxygens (including phenoxy) is 5. The summed E-state index contributed by atoms with van der Waals surface area (Å²) < 4.78 is 24.9. The Morgan fingerprint density at radius 3 is 2.10 bits per heavy atom. The molecule has 0 fully saturated rings. The van der Waals surface area contributed by atoms with Crippen LogP contribution in [0.4, 0.5) is 0 Å². The maximum Gasteiger partial charge on any atom is 0.317 e. The zero-order chi connectivity index (χ0) is 15.4. The lowest BCUT2D eigenvalue weighted by molar-refractivity contribution is -0.167. The van der Waals surface area contributed by atoms with Crippen molar-refractivity contribution in [3.63, 3.8) is 0 Å². The second-order valence-electron chi connectivity index (χ2n) is 4.52. The van der Waals surface area contributed by atoms with Gasteiger partial charge in [0.1, 0.15) is 18.6 Å². The Hall–Kier alpha value is -1.18. The summed E-state index contributed by atoms with van der Waals surface area (Å²) in [4.78, 5) is 22.8. The maximum absolute atomic E-state index is 12.0. The molecule has 0 aliphatic rings. The van der Waals surface area contributed by atoms with Crippen LogP contribution in [0.25, 0.3) is 0 Å². The minimum atomic E-state index is -1.02. The third kappa shape index (κ3) is 8.08. The highest BCUT2D eigenvalue weighted by Gasteiger charge is 2.36. The fourth-order valence-electron chi connectivity index (χ4n) is 1.35. The number of carbonyl (C=O) groups excluding carboxylic acids is 2. The second-order valence-corrected chi connectivity index (χ2v) is 4.52. The number of hydrogen-bond acceptors (Lipinski definition) is 7. The fraction of sp³-hybridized carbons (Fsp3) is 0.846. The van der Waals surface area contributed by atoms with Gasteiger partial charge in [-0.15, -0.1) is 0 Å². The van der Waals surface area contributed by atoms with Crippen LogP contribution in [0.15, 0.2) is 0 Å². The van der Waals surface area contributed by atoms with Crippen LogP contribution in [0, 0.1) is 5.41 Å². The zero-order valence-electron chi connectivity index (χ0n) is 12.6. The molecule has 0 amide bonds. The van der Waals surface area contributed by atoms with Crippen LogP contribution in [0.5, 0.6) is 0 Å². The van der Waals surface area contributed by atoms with Crippen molar-refractivity contribution in [2.75, 3.05) is 53.9 Å². The number of esters is 2. The van der Waals surface area contributed by atoms with Gasteiger partial charge in [-0.1, -0.05) is 0 Å². The first-order valence-corrected chi connectivity index (χ1v) is 6.32. The van der Waals surface area contributed by atoms with E-state index in [1.165, 1.54) is 14.0 Å². The van der Waals surface area contributed by atoms with Crippen LogP contribution >= 0.6 is 0 Å². The molecule has 0 saturated carbocycles. The van der Waals surface area contributed by atoms with Crippen LogP contribution in [0.1, 0.15) is 13.8 Å². The monoisotopic (exact) mass is 292 g/mol. The van der Waals surface area contributed by atoms with Gasteiger partial charge >= 0.3 is 11.9 Å². The van der Waals surface area contributed by atoms with Gasteiger partial charge in [-0.3, -0.25) is 9.59 Å². The van der Waals surface area contributed by atoms with E-state index >= 15 is 0 Å². The Balaban J connectivity index is 4.11. The molecule has 0 aliphatic heterocycles. The largest absolute Gasteiger partial charge is 0.465 e. The molecule has 1 unspecified atom stereocenters.